The number of nitrogens with zero attached hydrogens (tertiary/aromatic N) is 3. The number of hydrogen-bond donors (Lipinski definition) is 1. The van der Waals surface area contributed by atoms with Crippen LogP contribution in [-0.2, 0) is 0 Å². The van der Waals surface area contributed by atoms with Crippen molar-refractivity contribution in [2.24, 2.45) is 5.84 Å². The van der Waals surface area contributed by atoms with E-state index in [1.807, 2.05) is 5.01 Å². The Bertz CT molecular complexity index is 165. The predicted octanol–water partition coefficient (Wildman–Crippen LogP) is -0.818. The molecule has 0 aliphatic carbocycles. The Morgan fingerprint density at radius 3 is 2.31 bits per heavy atom. The molecule has 4 heteroatoms. The highest BCUT2D eigenvalue weighted by Gasteiger charge is 2.27. The molecule has 0 bridgehead atoms. The number of likely N-dealkylation sites (N-methyl/N-ethyl adjacent to an activating group) is 1. The fourth-order valence-corrected chi connectivity index (χ4v) is 1.99. The normalized spacial score (nSPS) is 33.2. The molecule has 4 nitrogen and oxygen atoms in total. The monoisotopic (exact) mass is 184 g/mol. The molecule has 1 atom stereocenters. The van der Waals surface area contributed by atoms with E-state index in [1.165, 1.54) is 39.1 Å². The third kappa shape index (κ3) is 2.20. The first-order chi connectivity index (χ1) is 6.25. The zero-order chi connectivity index (χ0) is 9.26. The Labute approximate surface area is 80.2 Å². The maximum Gasteiger partial charge on any atom is 0.0381 e. The van der Waals surface area contributed by atoms with E-state index >= 15 is 0 Å². The fraction of sp³-hybridized carbons (Fsp3) is 1.00. The summed E-state index contributed by atoms with van der Waals surface area (Å²) in [5.41, 5.74) is 0. The van der Waals surface area contributed by atoms with Crippen molar-refractivity contribution in [2.75, 3.05) is 46.3 Å². The average Bonchev–Trinajstić information content (AvgIpc) is 2.15. The molecule has 76 valence electrons. The van der Waals surface area contributed by atoms with Gasteiger partial charge in [-0.3, -0.25) is 10.7 Å². The van der Waals surface area contributed by atoms with Gasteiger partial charge in [-0.2, -0.15) is 0 Å². The van der Waals surface area contributed by atoms with E-state index in [4.69, 9.17) is 5.84 Å². The van der Waals surface area contributed by atoms with E-state index in [2.05, 4.69) is 16.8 Å². The molecule has 2 heterocycles. The van der Waals surface area contributed by atoms with Crippen molar-refractivity contribution in [3.63, 3.8) is 0 Å². The smallest absolute Gasteiger partial charge is 0.0381 e. The lowest BCUT2D eigenvalue weighted by atomic mass is 10.1. The number of hydrazine groups is 1. The largest absolute Gasteiger partial charge is 0.304 e. The van der Waals surface area contributed by atoms with Crippen molar-refractivity contribution in [3.05, 3.63) is 0 Å². The van der Waals surface area contributed by atoms with Crippen molar-refractivity contribution in [2.45, 2.75) is 12.5 Å². The van der Waals surface area contributed by atoms with Crippen LogP contribution in [0, 0.1) is 0 Å². The summed E-state index contributed by atoms with van der Waals surface area (Å²) in [6, 6.07) is 0.628. The molecule has 2 fully saturated rings. The SMILES string of the molecule is CN1CCN(CC2CCN2N)CC1. The van der Waals surface area contributed by atoms with Crippen LogP contribution < -0.4 is 5.84 Å². The van der Waals surface area contributed by atoms with Gasteiger partial charge in [0.2, 0.25) is 0 Å². The Morgan fingerprint density at radius 1 is 1.15 bits per heavy atom. The molecule has 2 aliphatic rings. The van der Waals surface area contributed by atoms with Crippen LogP contribution in [0.5, 0.6) is 0 Å². The highest BCUT2D eigenvalue weighted by Crippen LogP contribution is 2.14. The minimum Gasteiger partial charge on any atom is -0.304 e. The van der Waals surface area contributed by atoms with Crippen LogP contribution in [0.25, 0.3) is 0 Å². The van der Waals surface area contributed by atoms with Gasteiger partial charge in [-0.1, -0.05) is 0 Å². The van der Waals surface area contributed by atoms with Crippen molar-refractivity contribution < 1.29 is 0 Å². The number of hydrogen-bond acceptors (Lipinski definition) is 4. The van der Waals surface area contributed by atoms with E-state index < -0.39 is 0 Å². The van der Waals surface area contributed by atoms with Crippen LogP contribution in [0.4, 0.5) is 0 Å². The summed E-state index contributed by atoms with van der Waals surface area (Å²) in [6.45, 7) is 7.08. The highest BCUT2D eigenvalue weighted by atomic mass is 15.5. The summed E-state index contributed by atoms with van der Waals surface area (Å²) in [7, 11) is 2.19. The van der Waals surface area contributed by atoms with Gasteiger partial charge in [0.05, 0.1) is 0 Å². The first-order valence-corrected chi connectivity index (χ1v) is 5.18. The molecule has 2 rings (SSSR count). The van der Waals surface area contributed by atoms with Crippen LogP contribution in [0.15, 0.2) is 0 Å². The van der Waals surface area contributed by atoms with Crippen LogP contribution >= 0.6 is 0 Å². The van der Waals surface area contributed by atoms with Gasteiger partial charge in [-0.05, 0) is 13.5 Å². The van der Waals surface area contributed by atoms with Crippen LogP contribution in [0.1, 0.15) is 6.42 Å². The molecule has 2 N–H and O–H groups in total. The lowest BCUT2D eigenvalue weighted by Crippen LogP contribution is -2.58. The number of rotatable bonds is 2. The lowest BCUT2D eigenvalue weighted by molar-refractivity contribution is 0.0412. The number of piperazine rings is 1. The zero-order valence-corrected chi connectivity index (χ0v) is 8.45. The van der Waals surface area contributed by atoms with Crippen molar-refractivity contribution in [1.82, 2.24) is 14.8 Å². The van der Waals surface area contributed by atoms with Gasteiger partial charge in [-0.15, -0.1) is 0 Å². The molecular weight excluding hydrogens is 164 g/mol. The Balaban J connectivity index is 1.70. The summed E-state index contributed by atoms with van der Waals surface area (Å²) < 4.78 is 0. The van der Waals surface area contributed by atoms with Gasteiger partial charge in [0.25, 0.3) is 0 Å². The summed E-state index contributed by atoms with van der Waals surface area (Å²) in [6.07, 6.45) is 1.28. The molecule has 0 radical (unpaired) electrons. The Hall–Kier alpha value is -0.160. The molecule has 13 heavy (non-hydrogen) atoms. The van der Waals surface area contributed by atoms with Crippen LogP contribution in [0.3, 0.4) is 0 Å². The van der Waals surface area contributed by atoms with E-state index in [1.54, 1.807) is 0 Å². The first-order valence-electron chi connectivity index (χ1n) is 5.18. The minimum absolute atomic E-state index is 0.628. The van der Waals surface area contributed by atoms with Crippen LogP contribution in [-0.4, -0.2) is 67.2 Å². The van der Waals surface area contributed by atoms with Crippen LogP contribution in [0.2, 0.25) is 0 Å². The minimum atomic E-state index is 0.628. The molecular formula is C9H20N4. The molecule has 0 spiro atoms. The maximum atomic E-state index is 5.76. The molecule has 0 amide bonds. The van der Waals surface area contributed by atoms with E-state index in [0.29, 0.717) is 6.04 Å². The predicted molar refractivity (Wildman–Crippen MR) is 53.2 cm³/mol. The maximum absolute atomic E-state index is 5.76. The fourth-order valence-electron chi connectivity index (χ4n) is 1.99. The summed E-state index contributed by atoms with van der Waals surface area (Å²) in [4.78, 5) is 4.92. The topological polar surface area (TPSA) is 35.7 Å². The second kappa shape index (κ2) is 3.92. The second-order valence-electron chi connectivity index (χ2n) is 4.28. The molecule has 0 aromatic heterocycles. The van der Waals surface area contributed by atoms with Crippen molar-refractivity contribution >= 4 is 0 Å². The van der Waals surface area contributed by atoms with Gasteiger partial charge in [0.1, 0.15) is 0 Å². The van der Waals surface area contributed by atoms with Gasteiger partial charge >= 0.3 is 0 Å². The van der Waals surface area contributed by atoms with Crippen molar-refractivity contribution in [3.8, 4) is 0 Å². The zero-order valence-electron chi connectivity index (χ0n) is 8.45. The quantitative estimate of drug-likeness (QED) is 0.569. The first kappa shape index (κ1) is 9.40. The molecule has 0 saturated carbocycles. The van der Waals surface area contributed by atoms with E-state index in [-0.39, 0.29) is 0 Å². The molecule has 2 aliphatic heterocycles. The Kier molecular flexibility index (Phi) is 2.83. The summed E-state index contributed by atoms with van der Waals surface area (Å²) in [5.74, 6) is 5.76. The summed E-state index contributed by atoms with van der Waals surface area (Å²) >= 11 is 0. The Morgan fingerprint density at radius 2 is 1.85 bits per heavy atom. The van der Waals surface area contributed by atoms with Crippen molar-refractivity contribution in [1.29, 1.82) is 0 Å². The second-order valence-corrected chi connectivity index (χ2v) is 4.28. The molecule has 1 unspecified atom stereocenters. The summed E-state index contributed by atoms with van der Waals surface area (Å²) in [5, 5.41) is 1.97. The molecule has 0 aromatic rings. The number of nitrogens with two attached hydrogens (primary N) is 1. The van der Waals surface area contributed by atoms with E-state index in [9.17, 15) is 0 Å². The van der Waals surface area contributed by atoms with E-state index in [0.717, 1.165) is 6.54 Å². The van der Waals surface area contributed by atoms with Gasteiger partial charge < -0.3 is 4.90 Å². The molecule has 0 aromatic carbocycles. The van der Waals surface area contributed by atoms with Gasteiger partial charge in [0.15, 0.2) is 0 Å². The highest BCUT2D eigenvalue weighted by molar-refractivity contribution is 4.83. The lowest BCUT2D eigenvalue weighted by Gasteiger charge is -2.42. The third-order valence-electron chi connectivity index (χ3n) is 3.25. The van der Waals surface area contributed by atoms with Gasteiger partial charge in [0, 0.05) is 45.3 Å². The van der Waals surface area contributed by atoms with Gasteiger partial charge in [-0.25, -0.2) is 5.01 Å². The molecule has 2 saturated heterocycles. The standard InChI is InChI=1S/C9H20N4/c1-11-4-6-12(7-5-11)8-9-2-3-13(9)10/h9H,2-8,10H2,1H3. The third-order valence-corrected chi connectivity index (χ3v) is 3.25. The average molecular weight is 184 g/mol.